The van der Waals surface area contributed by atoms with Crippen LogP contribution >= 0.6 is 22.7 Å². The smallest absolute Gasteiger partial charge is 0.262 e. The number of piperidine rings is 1. The van der Waals surface area contributed by atoms with Crippen LogP contribution in [-0.2, 0) is 11.3 Å². The number of fused-ring (bicyclic) bond motifs is 1. The number of hydrogen-bond donors (Lipinski definition) is 0. The van der Waals surface area contributed by atoms with Crippen LogP contribution in [0.4, 0.5) is 0 Å². The molecule has 30 heavy (non-hydrogen) atoms. The minimum atomic E-state index is -0.297. The average molecular weight is 443 g/mol. The molecule has 1 unspecified atom stereocenters. The molecule has 154 valence electrons. The van der Waals surface area contributed by atoms with Gasteiger partial charge in [-0.25, -0.2) is 9.97 Å². The molecule has 0 radical (unpaired) electrons. The third-order valence-electron chi connectivity index (χ3n) is 5.24. The molecule has 1 saturated heterocycles. The van der Waals surface area contributed by atoms with Crippen LogP contribution in [0.15, 0.2) is 32.5 Å². The molecule has 4 aromatic rings. The summed E-state index contributed by atoms with van der Waals surface area (Å²) in [6.07, 6.45) is 4.04. The first-order valence-electron chi connectivity index (χ1n) is 9.58. The molecule has 0 spiro atoms. The molecular weight excluding hydrogens is 424 g/mol. The Labute approximate surface area is 179 Å². The van der Waals surface area contributed by atoms with Gasteiger partial charge in [0, 0.05) is 6.54 Å². The van der Waals surface area contributed by atoms with E-state index in [1.54, 1.807) is 16.5 Å². The standard InChI is InChI=1S/C19H18N6O3S2/c1-11-15(30-10-21-11)17-23-22-16(28-17)13-4-2-3-6-25(13)14(26)8-24-9-20-18-12(19(24)27)5-7-29-18/h5,7,9-10,13H,2-4,6,8H2,1H3. The molecule has 9 nitrogen and oxygen atoms in total. The lowest BCUT2D eigenvalue weighted by Crippen LogP contribution is -2.41. The molecule has 1 fully saturated rings. The first-order valence-corrected chi connectivity index (χ1v) is 11.3. The van der Waals surface area contributed by atoms with Gasteiger partial charge in [0.2, 0.25) is 11.8 Å². The highest BCUT2D eigenvalue weighted by atomic mass is 32.1. The molecule has 5 heterocycles. The summed E-state index contributed by atoms with van der Waals surface area (Å²) in [7, 11) is 0. The SMILES string of the molecule is Cc1ncsc1-c1nnc(C2CCCCN2C(=O)Cn2cnc3sccc3c2=O)o1. The number of aryl methyl sites for hydroxylation is 1. The van der Waals surface area contributed by atoms with Crippen LogP contribution in [0.25, 0.3) is 21.0 Å². The topological polar surface area (TPSA) is 107 Å². The quantitative estimate of drug-likeness (QED) is 0.478. The lowest BCUT2D eigenvalue weighted by atomic mass is 10.0. The van der Waals surface area contributed by atoms with Crippen molar-refractivity contribution in [3.63, 3.8) is 0 Å². The molecule has 1 atom stereocenters. The summed E-state index contributed by atoms with van der Waals surface area (Å²) >= 11 is 2.85. The van der Waals surface area contributed by atoms with E-state index in [1.165, 1.54) is 33.6 Å². The Morgan fingerprint density at radius 3 is 3.00 bits per heavy atom. The van der Waals surface area contributed by atoms with Crippen LogP contribution in [0.2, 0.25) is 0 Å². The number of amides is 1. The van der Waals surface area contributed by atoms with Crippen LogP contribution in [-0.4, -0.2) is 42.1 Å². The van der Waals surface area contributed by atoms with E-state index in [0.29, 0.717) is 28.5 Å². The van der Waals surface area contributed by atoms with Gasteiger partial charge in [-0.2, -0.15) is 0 Å². The van der Waals surface area contributed by atoms with E-state index in [2.05, 4.69) is 20.2 Å². The molecule has 0 saturated carbocycles. The molecule has 1 aliphatic rings. The number of hydrogen-bond acceptors (Lipinski definition) is 9. The van der Waals surface area contributed by atoms with Gasteiger partial charge in [0.05, 0.1) is 22.9 Å². The van der Waals surface area contributed by atoms with Crippen molar-refractivity contribution in [3.8, 4) is 10.8 Å². The molecule has 11 heteroatoms. The maximum absolute atomic E-state index is 13.1. The zero-order chi connectivity index (χ0) is 20.7. The lowest BCUT2D eigenvalue weighted by Gasteiger charge is -2.33. The Hall–Kier alpha value is -2.92. The van der Waals surface area contributed by atoms with Crippen LogP contribution < -0.4 is 5.56 Å². The maximum Gasteiger partial charge on any atom is 0.262 e. The predicted octanol–water partition coefficient (Wildman–Crippen LogP) is 3.03. The summed E-state index contributed by atoms with van der Waals surface area (Å²) in [5.74, 6) is 0.683. The van der Waals surface area contributed by atoms with E-state index in [9.17, 15) is 9.59 Å². The molecule has 0 bridgehead atoms. The summed E-state index contributed by atoms with van der Waals surface area (Å²) in [5, 5.41) is 10.7. The van der Waals surface area contributed by atoms with Crippen molar-refractivity contribution in [1.82, 2.24) is 29.6 Å². The summed E-state index contributed by atoms with van der Waals surface area (Å²) in [5.41, 5.74) is 2.37. The Balaban J connectivity index is 1.40. The summed E-state index contributed by atoms with van der Waals surface area (Å²) in [4.78, 5) is 37.5. The van der Waals surface area contributed by atoms with Gasteiger partial charge in [-0.3, -0.25) is 14.2 Å². The Bertz CT molecular complexity index is 1270. The van der Waals surface area contributed by atoms with Crippen molar-refractivity contribution in [3.05, 3.63) is 45.2 Å². The number of carbonyl (C=O) groups is 1. The minimum absolute atomic E-state index is 0.0664. The van der Waals surface area contributed by atoms with Crippen molar-refractivity contribution in [2.24, 2.45) is 0 Å². The zero-order valence-corrected chi connectivity index (χ0v) is 17.8. The Morgan fingerprint density at radius 2 is 2.17 bits per heavy atom. The largest absolute Gasteiger partial charge is 0.418 e. The number of nitrogens with zero attached hydrogens (tertiary/aromatic N) is 6. The van der Waals surface area contributed by atoms with E-state index in [4.69, 9.17) is 4.42 Å². The number of likely N-dealkylation sites (tertiary alicyclic amines) is 1. The molecule has 5 rings (SSSR count). The van der Waals surface area contributed by atoms with Crippen LogP contribution in [0.3, 0.4) is 0 Å². The van der Waals surface area contributed by atoms with Gasteiger partial charge in [0.1, 0.15) is 22.3 Å². The highest BCUT2D eigenvalue weighted by Gasteiger charge is 2.32. The molecule has 1 aliphatic heterocycles. The van der Waals surface area contributed by atoms with Gasteiger partial charge in [-0.15, -0.1) is 32.9 Å². The van der Waals surface area contributed by atoms with Gasteiger partial charge in [-0.1, -0.05) is 0 Å². The first kappa shape index (κ1) is 19.1. The minimum Gasteiger partial charge on any atom is -0.418 e. The van der Waals surface area contributed by atoms with Crippen LogP contribution in [0, 0.1) is 6.92 Å². The summed E-state index contributed by atoms with van der Waals surface area (Å²) in [6, 6.07) is 1.44. The highest BCUT2D eigenvalue weighted by molar-refractivity contribution is 7.16. The first-order chi connectivity index (χ1) is 14.6. The third kappa shape index (κ3) is 3.33. The van der Waals surface area contributed by atoms with Gasteiger partial charge in [0.15, 0.2) is 0 Å². The number of thiazole rings is 1. The second-order valence-electron chi connectivity index (χ2n) is 7.13. The fourth-order valence-electron chi connectivity index (χ4n) is 3.70. The second kappa shape index (κ2) is 7.73. The molecular formula is C19H18N6O3S2. The maximum atomic E-state index is 13.1. The fraction of sp³-hybridized carbons (Fsp3) is 0.368. The van der Waals surface area contributed by atoms with Crippen LogP contribution in [0.5, 0.6) is 0 Å². The van der Waals surface area contributed by atoms with Crippen LogP contribution in [0.1, 0.15) is 36.9 Å². The molecule has 0 aromatic carbocycles. The van der Waals surface area contributed by atoms with Gasteiger partial charge in [-0.05, 0) is 37.6 Å². The number of carbonyl (C=O) groups excluding carboxylic acids is 1. The monoisotopic (exact) mass is 442 g/mol. The fourth-order valence-corrected chi connectivity index (χ4v) is 5.14. The van der Waals surface area contributed by atoms with Gasteiger partial charge in [0.25, 0.3) is 11.4 Å². The van der Waals surface area contributed by atoms with Crippen molar-refractivity contribution in [1.29, 1.82) is 0 Å². The van der Waals surface area contributed by atoms with Crippen molar-refractivity contribution in [2.75, 3.05) is 6.54 Å². The number of thiophene rings is 1. The highest BCUT2D eigenvalue weighted by Crippen LogP contribution is 2.33. The lowest BCUT2D eigenvalue weighted by molar-refractivity contribution is -0.136. The normalized spacial score (nSPS) is 17.0. The molecule has 0 N–H and O–H groups in total. The molecule has 0 aliphatic carbocycles. The van der Waals surface area contributed by atoms with E-state index >= 15 is 0 Å². The van der Waals surface area contributed by atoms with Crippen molar-refractivity contribution < 1.29 is 9.21 Å². The Kier molecular flexibility index (Phi) is 4.91. The average Bonchev–Trinajstić information content (AvgIpc) is 3.50. The Morgan fingerprint density at radius 1 is 1.27 bits per heavy atom. The summed E-state index contributed by atoms with van der Waals surface area (Å²) < 4.78 is 7.29. The van der Waals surface area contributed by atoms with Gasteiger partial charge < -0.3 is 9.32 Å². The zero-order valence-electron chi connectivity index (χ0n) is 16.1. The molecule has 1 amide bonds. The van der Waals surface area contributed by atoms with Crippen molar-refractivity contribution >= 4 is 38.8 Å². The number of rotatable bonds is 4. The number of aromatic nitrogens is 5. The van der Waals surface area contributed by atoms with E-state index in [0.717, 1.165) is 29.8 Å². The van der Waals surface area contributed by atoms with E-state index < -0.39 is 0 Å². The van der Waals surface area contributed by atoms with Gasteiger partial charge >= 0.3 is 0 Å². The van der Waals surface area contributed by atoms with E-state index in [-0.39, 0.29) is 24.1 Å². The molecule has 4 aromatic heterocycles. The van der Waals surface area contributed by atoms with Crippen molar-refractivity contribution in [2.45, 2.75) is 38.8 Å². The van der Waals surface area contributed by atoms with E-state index in [1.807, 2.05) is 12.3 Å². The predicted molar refractivity (Wildman–Crippen MR) is 112 cm³/mol. The summed E-state index contributed by atoms with van der Waals surface area (Å²) in [6.45, 7) is 2.41. The third-order valence-corrected chi connectivity index (χ3v) is 6.98. The second-order valence-corrected chi connectivity index (χ2v) is 8.88.